The first-order valence-corrected chi connectivity index (χ1v) is 8.52. The third-order valence-corrected chi connectivity index (χ3v) is 4.71. The van der Waals surface area contributed by atoms with Gasteiger partial charge in [-0.25, -0.2) is 4.98 Å². The number of halogens is 1. The monoisotopic (exact) mass is 357 g/mol. The van der Waals surface area contributed by atoms with E-state index in [2.05, 4.69) is 20.5 Å². The number of ether oxygens (including phenoxy) is 1. The van der Waals surface area contributed by atoms with Crippen LogP contribution < -0.4 is 16.2 Å². The number of nitrogens with one attached hydrogen (secondary N) is 2. The molecular weight excluding hydrogens is 330 g/mol. The number of nitrogens with zero attached hydrogens (tertiary/aromatic N) is 3. The zero-order valence-electron chi connectivity index (χ0n) is 14.2. The summed E-state index contributed by atoms with van der Waals surface area (Å²) in [6, 6.07) is 0. The summed E-state index contributed by atoms with van der Waals surface area (Å²) in [4.78, 5) is 18.6. The maximum absolute atomic E-state index is 11.9. The molecule has 0 spiro atoms. The molecule has 3 heterocycles. The number of morpholine rings is 1. The fraction of sp³-hybridized carbons (Fsp3) is 0.750. The van der Waals surface area contributed by atoms with Gasteiger partial charge in [0.1, 0.15) is 0 Å². The van der Waals surface area contributed by atoms with E-state index in [9.17, 15) is 4.79 Å². The van der Waals surface area contributed by atoms with E-state index in [1.165, 1.54) is 17.4 Å². The number of piperidine rings is 1. The van der Waals surface area contributed by atoms with Gasteiger partial charge in [0.15, 0.2) is 5.82 Å². The molecule has 7 nitrogen and oxygen atoms in total. The van der Waals surface area contributed by atoms with E-state index in [1.807, 2.05) is 0 Å². The minimum absolute atomic E-state index is 0. The number of aromatic nitrogens is 2. The fourth-order valence-corrected chi connectivity index (χ4v) is 3.33. The van der Waals surface area contributed by atoms with Gasteiger partial charge in [-0.2, -0.15) is 0 Å². The number of hydrogen-bond acceptors (Lipinski definition) is 6. The van der Waals surface area contributed by atoms with Crippen LogP contribution in [0.25, 0.3) is 0 Å². The van der Waals surface area contributed by atoms with Gasteiger partial charge in [0.25, 0.3) is 5.56 Å². The van der Waals surface area contributed by atoms with Crippen molar-refractivity contribution < 1.29 is 4.74 Å². The van der Waals surface area contributed by atoms with Crippen LogP contribution in [0.2, 0.25) is 0 Å². The standard InChI is InChI=1S/C16H27N5O2.ClH/c1-20-7-6-18-15(16(20)22)19-10-14-12-21(8-9-23-14)11-13-2-4-17-5-3-13;/h6-7,13-14,17H,2-5,8-12H2,1H3,(H,18,19);1H. The van der Waals surface area contributed by atoms with Gasteiger partial charge in [0.2, 0.25) is 0 Å². The summed E-state index contributed by atoms with van der Waals surface area (Å²) in [5.41, 5.74) is -0.102. The van der Waals surface area contributed by atoms with E-state index in [0.29, 0.717) is 12.4 Å². The van der Waals surface area contributed by atoms with E-state index in [4.69, 9.17) is 4.74 Å². The molecule has 2 N–H and O–H groups in total. The van der Waals surface area contributed by atoms with Crippen LogP contribution in [0.4, 0.5) is 5.82 Å². The second-order valence-corrected chi connectivity index (χ2v) is 6.52. The van der Waals surface area contributed by atoms with Gasteiger partial charge in [-0.05, 0) is 31.8 Å². The number of hydrogen-bond donors (Lipinski definition) is 2. The van der Waals surface area contributed by atoms with E-state index in [-0.39, 0.29) is 24.1 Å². The van der Waals surface area contributed by atoms with Crippen molar-refractivity contribution in [2.45, 2.75) is 18.9 Å². The molecule has 8 heteroatoms. The average molecular weight is 358 g/mol. The average Bonchev–Trinajstić information content (AvgIpc) is 2.57. The highest BCUT2D eigenvalue weighted by Gasteiger charge is 2.24. The molecule has 0 radical (unpaired) electrons. The smallest absolute Gasteiger partial charge is 0.293 e. The summed E-state index contributed by atoms with van der Waals surface area (Å²) in [6.07, 6.45) is 5.94. The van der Waals surface area contributed by atoms with E-state index in [0.717, 1.165) is 45.2 Å². The summed E-state index contributed by atoms with van der Waals surface area (Å²) >= 11 is 0. The first kappa shape index (κ1) is 19.2. The van der Waals surface area contributed by atoms with Crippen LogP contribution in [-0.4, -0.2) is 66.4 Å². The Morgan fingerprint density at radius 2 is 2.21 bits per heavy atom. The number of aryl methyl sites for hydroxylation is 1. The van der Waals surface area contributed by atoms with Crippen molar-refractivity contribution in [1.29, 1.82) is 0 Å². The van der Waals surface area contributed by atoms with Crippen molar-refractivity contribution >= 4 is 18.2 Å². The van der Waals surface area contributed by atoms with Gasteiger partial charge in [-0.15, -0.1) is 12.4 Å². The van der Waals surface area contributed by atoms with Crippen LogP contribution >= 0.6 is 12.4 Å². The largest absolute Gasteiger partial charge is 0.374 e. The molecule has 0 aromatic carbocycles. The van der Waals surface area contributed by atoms with Crippen LogP contribution in [0.15, 0.2) is 17.2 Å². The Morgan fingerprint density at radius 3 is 3.00 bits per heavy atom. The molecule has 0 saturated carbocycles. The van der Waals surface area contributed by atoms with Gasteiger partial charge in [-0.1, -0.05) is 0 Å². The zero-order chi connectivity index (χ0) is 16.1. The highest BCUT2D eigenvalue weighted by atomic mass is 35.5. The van der Waals surface area contributed by atoms with Crippen LogP contribution in [0.1, 0.15) is 12.8 Å². The molecule has 1 unspecified atom stereocenters. The summed E-state index contributed by atoms with van der Waals surface area (Å²) in [5, 5.41) is 6.56. The summed E-state index contributed by atoms with van der Waals surface area (Å²) in [5.74, 6) is 1.19. The molecule has 2 saturated heterocycles. The quantitative estimate of drug-likeness (QED) is 0.790. The summed E-state index contributed by atoms with van der Waals surface area (Å²) in [6.45, 7) is 6.75. The van der Waals surface area contributed by atoms with Crippen molar-refractivity contribution in [3.8, 4) is 0 Å². The van der Waals surface area contributed by atoms with Gasteiger partial charge < -0.3 is 19.9 Å². The molecule has 2 fully saturated rings. The summed E-state index contributed by atoms with van der Waals surface area (Å²) in [7, 11) is 1.73. The lowest BCUT2D eigenvalue weighted by Gasteiger charge is -2.36. The topological polar surface area (TPSA) is 71.4 Å². The highest BCUT2D eigenvalue weighted by Crippen LogP contribution is 2.15. The van der Waals surface area contributed by atoms with Crippen LogP contribution in [0, 0.1) is 5.92 Å². The van der Waals surface area contributed by atoms with Crippen LogP contribution in [0.3, 0.4) is 0 Å². The normalized spacial score (nSPS) is 22.8. The molecule has 1 aromatic rings. The Morgan fingerprint density at radius 1 is 1.42 bits per heavy atom. The molecule has 3 rings (SSSR count). The van der Waals surface area contributed by atoms with E-state index in [1.54, 1.807) is 19.4 Å². The van der Waals surface area contributed by atoms with Crippen molar-refractivity contribution in [2.75, 3.05) is 51.2 Å². The summed E-state index contributed by atoms with van der Waals surface area (Å²) < 4.78 is 7.36. The highest BCUT2D eigenvalue weighted by molar-refractivity contribution is 5.85. The molecule has 0 aliphatic carbocycles. The molecule has 2 aliphatic rings. The van der Waals surface area contributed by atoms with Crippen molar-refractivity contribution in [3.63, 3.8) is 0 Å². The molecule has 1 aromatic heterocycles. The number of rotatable bonds is 5. The fourth-order valence-electron chi connectivity index (χ4n) is 3.33. The molecule has 24 heavy (non-hydrogen) atoms. The third-order valence-electron chi connectivity index (χ3n) is 4.71. The first-order valence-electron chi connectivity index (χ1n) is 8.52. The SMILES string of the molecule is Cl.Cn1ccnc(NCC2CN(CC3CCNCC3)CCO2)c1=O. The molecule has 0 amide bonds. The lowest BCUT2D eigenvalue weighted by Crippen LogP contribution is -2.48. The Balaban J connectivity index is 0.00000208. The Bertz CT molecular complexity index is 562. The second kappa shape index (κ2) is 9.36. The van der Waals surface area contributed by atoms with Crippen LogP contribution in [0.5, 0.6) is 0 Å². The van der Waals surface area contributed by atoms with E-state index >= 15 is 0 Å². The first-order chi connectivity index (χ1) is 11.2. The predicted octanol–water partition coefficient (Wildman–Crippen LogP) is 0.314. The minimum atomic E-state index is -0.102. The molecule has 2 aliphatic heterocycles. The zero-order valence-corrected chi connectivity index (χ0v) is 15.1. The van der Waals surface area contributed by atoms with E-state index < -0.39 is 0 Å². The minimum Gasteiger partial charge on any atom is -0.374 e. The van der Waals surface area contributed by atoms with Crippen molar-refractivity contribution in [3.05, 3.63) is 22.7 Å². The second-order valence-electron chi connectivity index (χ2n) is 6.52. The van der Waals surface area contributed by atoms with Gasteiger partial charge >= 0.3 is 0 Å². The maximum atomic E-state index is 11.9. The van der Waals surface area contributed by atoms with Gasteiger partial charge in [0.05, 0.1) is 12.7 Å². The molecule has 1 atom stereocenters. The predicted molar refractivity (Wildman–Crippen MR) is 97.0 cm³/mol. The van der Waals surface area contributed by atoms with Crippen LogP contribution in [-0.2, 0) is 11.8 Å². The Labute approximate surface area is 149 Å². The van der Waals surface area contributed by atoms with Crippen molar-refractivity contribution in [1.82, 2.24) is 19.8 Å². The lowest BCUT2D eigenvalue weighted by atomic mass is 9.97. The van der Waals surface area contributed by atoms with Gasteiger partial charge in [-0.3, -0.25) is 9.69 Å². The third kappa shape index (κ3) is 5.17. The lowest BCUT2D eigenvalue weighted by molar-refractivity contribution is -0.0270. The number of anilines is 1. The molecular formula is C16H28ClN5O2. The molecule has 136 valence electrons. The molecule has 0 bridgehead atoms. The van der Waals surface area contributed by atoms with Crippen molar-refractivity contribution in [2.24, 2.45) is 13.0 Å². The Kier molecular flexibility index (Phi) is 7.48. The maximum Gasteiger partial charge on any atom is 0.293 e. The van der Waals surface area contributed by atoms with Gasteiger partial charge in [0, 0.05) is 45.6 Å². The Hall–Kier alpha value is -1.15.